The molecular weight excluding hydrogens is 304 g/mol. The van der Waals surface area contributed by atoms with Gasteiger partial charge in [-0.1, -0.05) is 42.6 Å². The van der Waals surface area contributed by atoms with Crippen LogP contribution in [0.5, 0.6) is 0 Å². The van der Waals surface area contributed by atoms with Crippen molar-refractivity contribution >= 4 is 23.6 Å². The Bertz CT molecular complexity index is 536. The summed E-state index contributed by atoms with van der Waals surface area (Å²) in [7, 11) is 1.30. The number of carbonyl (C=O) groups excluding carboxylic acids is 2. The maximum absolute atomic E-state index is 12.4. The Balaban J connectivity index is 2.15. The van der Waals surface area contributed by atoms with Crippen LogP contribution < -0.4 is 5.32 Å². The molecule has 22 heavy (non-hydrogen) atoms. The zero-order valence-corrected chi connectivity index (χ0v) is 13.4. The van der Waals surface area contributed by atoms with Gasteiger partial charge in [-0.15, -0.1) is 0 Å². The van der Waals surface area contributed by atoms with Gasteiger partial charge in [-0.2, -0.15) is 0 Å². The first-order valence-corrected chi connectivity index (χ1v) is 7.87. The highest BCUT2D eigenvalue weighted by Crippen LogP contribution is 2.34. The van der Waals surface area contributed by atoms with Gasteiger partial charge < -0.3 is 15.0 Å². The van der Waals surface area contributed by atoms with E-state index in [1.807, 2.05) is 24.3 Å². The third kappa shape index (κ3) is 4.13. The van der Waals surface area contributed by atoms with E-state index in [0.29, 0.717) is 11.6 Å². The molecule has 120 valence electrons. The zero-order chi connectivity index (χ0) is 15.9. The van der Waals surface area contributed by atoms with Crippen molar-refractivity contribution in [3.8, 4) is 0 Å². The van der Waals surface area contributed by atoms with Gasteiger partial charge in [-0.05, 0) is 24.5 Å². The summed E-state index contributed by atoms with van der Waals surface area (Å²) in [6.07, 6.45) is 3.96. The number of rotatable bonds is 3. The van der Waals surface area contributed by atoms with Crippen molar-refractivity contribution in [3.05, 3.63) is 34.9 Å². The zero-order valence-electron chi connectivity index (χ0n) is 12.7. The molecule has 6 heteroatoms. The Morgan fingerprint density at radius 2 is 2.09 bits per heavy atom. The van der Waals surface area contributed by atoms with E-state index in [4.69, 9.17) is 11.6 Å². The predicted molar refractivity (Wildman–Crippen MR) is 84.8 cm³/mol. The summed E-state index contributed by atoms with van der Waals surface area (Å²) in [5, 5.41) is 3.29. The smallest absolute Gasteiger partial charge is 0.325 e. The molecule has 2 rings (SSSR count). The topological polar surface area (TPSA) is 58.6 Å². The van der Waals surface area contributed by atoms with Crippen LogP contribution in [0.1, 0.15) is 37.3 Å². The fourth-order valence-electron chi connectivity index (χ4n) is 2.74. The Labute approximate surface area is 135 Å². The maximum atomic E-state index is 12.4. The SMILES string of the molecule is COC(=O)CNC(=O)N1CCCCCC1c1ccccc1Cl. The van der Waals surface area contributed by atoms with Crippen molar-refractivity contribution in [2.45, 2.75) is 31.7 Å². The van der Waals surface area contributed by atoms with Crippen LogP contribution in [-0.2, 0) is 9.53 Å². The number of nitrogens with zero attached hydrogens (tertiary/aromatic N) is 1. The van der Waals surface area contributed by atoms with Crippen molar-refractivity contribution in [1.82, 2.24) is 10.2 Å². The second-order valence-electron chi connectivity index (χ2n) is 5.31. The first kappa shape index (κ1) is 16.6. The van der Waals surface area contributed by atoms with Gasteiger partial charge >= 0.3 is 12.0 Å². The molecule has 0 spiro atoms. The monoisotopic (exact) mass is 324 g/mol. The third-order valence-corrected chi connectivity index (χ3v) is 4.23. The maximum Gasteiger partial charge on any atom is 0.325 e. The highest BCUT2D eigenvalue weighted by atomic mass is 35.5. The predicted octanol–water partition coefficient (Wildman–Crippen LogP) is 3.14. The molecule has 2 amide bonds. The molecule has 1 aromatic rings. The lowest BCUT2D eigenvalue weighted by molar-refractivity contribution is -0.139. The Morgan fingerprint density at radius 3 is 2.82 bits per heavy atom. The van der Waals surface area contributed by atoms with Crippen molar-refractivity contribution in [2.24, 2.45) is 0 Å². The van der Waals surface area contributed by atoms with Crippen molar-refractivity contribution < 1.29 is 14.3 Å². The van der Waals surface area contributed by atoms with Gasteiger partial charge in [0.25, 0.3) is 0 Å². The highest BCUT2D eigenvalue weighted by molar-refractivity contribution is 6.31. The van der Waals surface area contributed by atoms with E-state index < -0.39 is 5.97 Å². The van der Waals surface area contributed by atoms with E-state index in [0.717, 1.165) is 31.2 Å². The fourth-order valence-corrected chi connectivity index (χ4v) is 3.00. The molecule has 1 unspecified atom stereocenters. The number of ether oxygens (including phenoxy) is 1. The van der Waals surface area contributed by atoms with Gasteiger partial charge in [0.15, 0.2) is 0 Å². The van der Waals surface area contributed by atoms with Crippen LogP contribution in [0.15, 0.2) is 24.3 Å². The van der Waals surface area contributed by atoms with E-state index in [2.05, 4.69) is 10.1 Å². The fraction of sp³-hybridized carbons (Fsp3) is 0.500. The molecule has 0 bridgehead atoms. The van der Waals surface area contributed by atoms with E-state index in [9.17, 15) is 9.59 Å². The minimum Gasteiger partial charge on any atom is -0.468 e. The lowest BCUT2D eigenvalue weighted by atomic mass is 10.0. The number of hydrogen-bond acceptors (Lipinski definition) is 3. The number of methoxy groups -OCH3 is 1. The molecule has 1 N–H and O–H groups in total. The molecular formula is C16H21ClN2O3. The quantitative estimate of drug-likeness (QED) is 0.869. The Morgan fingerprint density at radius 1 is 1.32 bits per heavy atom. The molecule has 0 aliphatic carbocycles. The van der Waals surface area contributed by atoms with Crippen LogP contribution in [0.25, 0.3) is 0 Å². The van der Waals surface area contributed by atoms with Crippen LogP contribution in [-0.4, -0.2) is 37.1 Å². The summed E-state index contributed by atoms with van der Waals surface area (Å²) in [6, 6.07) is 7.29. The average Bonchev–Trinajstić information content (AvgIpc) is 2.78. The summed E-state index contributed by atoms with van der Waals surface area (Å²) in [4.78, 5) is 25.4. The Kier molecular flexibility index (Phi) is 6.07. The number of carbonyl (C=O) groups is 2. The number of hydrogen-bond donors (Lipinski definition) is 1. The van der Waals surface area contributed by atoms with Crippen LogP contribution in [0, 0.1) is 0 Å². The van der Waals surface area contributed by atoms with Crippen LogP contribution in [0.2, 0.25) is 5.02 Å². The van der Waals surface area contributed by atoms with E-state index in [1.54, 1.807) is 4.90 Å². The summed E-state index contributed by atoms with van der Waals surface area (Å²) in [5.74, 6) is -0.461. The van der Waals surface area contributed by atoms with Gasteiger partial charge in [0, 0.05) is 11.6 Å². The van der Waals surface area contributed by atoms with Crippen molar-refractivity contribution in [1.29, 1.82) is 0 Å². The summed E-state index contributed by atoms with van der Waals surface area (Å²) >= 11 is 6.30. The van der Waals surface area contributed by atoms with E-state index in [1.165, 1.54) is 7.11 Å². The first-order chi connectivity index (χ1) is 10.6. The largest absolute Gasteiger partial charge is 0.468 e. The Hall–Kier alpha value is -1.75. The van der Waals surface area contributed by atoms with Crippen LogP contribution >= 0.6 is 11.6 Å². The van der Waals surface area contributed by atoms with Gasteiger partial charge in [0.1, 0.15) is 6.54 Å². The van der Waals surface area contributed by atoms with Gasteiger partial charge in [-0.3, -0.25) is 4.79 Å². The molecule has 1 aromatic carbocycles. The summed E-state index contributed by atoms with van der Waals surface area (Å²) in [5.41, 5.74) is 0.958. The third-order valence-electron chi connectivity index (χ3n) is 3.89. The van der Waals surface area contributed by atoms with Crippen LogP contribution in [0.4, 0.5) is 4.79 Å². The molecule has 1 aliphatic heterocycles. The molecule has 0 saturated carbocycles. The van der Waals surface area contributed by atoms with Crippen LogP contribution in [0.3, 0.4) is 0 Å². The second kappa shape index (κ2) is 8.03. The first-order valence-electron chi connectivity index (χ1n) is 7.49. The number of likely N-dealkylation sites (tertiary alicyclic amines) is 1. The standard InChI is InChI=1S/C16H21ClN2O3/c1-22-15(20)11-18-16(21)19-10-6-2-3-9-14(19)12-7-4-5-8-13(12)17/h4-5,7-8,14H,2-3,6,9-11H2,1H3,(H,18,21). The molecule has 1 heterocycles. The van der Waals surface area contributed by atoms with Crippen molar-refractivity contribution in [2.75, 3.05) is 20.2 Å². The molecule has 5 nitrogen and oxygen atoms in total. The normalized spacial score (nSPS) is 18.5. The van der Waals surface area contributed by atoms with Crippen molar-refractivity contribution in [3.63, 3.8) is 0 Å². The number of benzene rings is 1. The lowest BCUT2D eigenvalue weighted by Gasteiger charge is -2.31. The summed E-state index contributed by atoms with van der Waals surface area (Å²) in [6.45, 7) is 0.532. The molecule has 1 aliphatic rings. The molecule has 0 aromatic heterocycles. The second-order valence-corrected chi connectivity index (χ2v) is 5.72. The number of esters is 1. The molecule has 1 atom stereocenters. The molecule has 1 fully saturated rings. The van der Waals surface area contributed by atoms with Gasteiger partial charge in [0.2, 0.25) is 0 Å². The lowest BCUT2D eigenvalue weighted by Crippen LogP contribution is -2.44. The summed E-state index contributed by atoms with van der Waals surface area (Å²) < 4.78 is 4.55. The van der Waals surface area contributed by atoms with Gasteiger partial charge in [0.05, 0.1) is 13.2 Å². The van der Waals surface area contributed by atoms with Gasteiger partial charge in [-0.25, -0.2) is 4.79 Å². The number of urea groups is 1. The highest BCUT2D eigenvalue weighted by Gasteiger charge is 2.28. The number of nitrogens with one attached hydrogen (secondary N) is 1. The van der Waals surface area contributed by atoms with E-state index in [-0.39, 0.29) is 18.6 Å². The average molecular weight is 325 g/mol. The van der Waals surface area contributed by atoms with E-state index >= 15 is 0 Å². The molecule has 0 radical (unpaired) electrons. The minimum atomic E-state index is -0.461. The number of halogens is 1. The minimum absolute atomic E-state index is 0.0613. The molecule has 1 saturated heterocycles. The number of amides is 2.